The van der Waals surface area contributed by atoms with E-state index in [0.717, 1.165) is 41.4 Å². The van der Waals surface area contributed by atoms with Crippen molar-refractivity contribution in [2.45, 2.75) is 19.8 Å². The number of methoxy groups -OCH3 is 2. The summed E-state index contributed by atoms with van der Waals surface area (Å²) >= 11 is 1.87. The van der Waals surface area contributed by atoms with E-state index in [2.05, 4.69) is 5.32 Å². The van der Waals surface area contributed by atoms with Gasteiger partial charge in [-0.2, -0.15) is 11.8 Å². The van der Waals surface area contributed by atoms with Crippen molar-refractivity contribution >= 4 is 29.3 Å². The Morgan fingerprint density at radius 2 is 1.87 bits per heavy atom. The van der Waals surface area contributed by atoms with Crippen LogP contribution < -0.4 is 14.8 Å². The Morgan fingerprint density at radius 1 is 1.10 bits per heavy atom. The van der Waals surface area contributed by atoms with Crippen molar-refractivity contribution < 1.29 is 19.1 Å². The SMILES string of the molecule is COc1cccc(CCC(=O)Nc2ccc(C(=O)N3CCSCC3)cc2C)c1OC. The molecule has 2 amide bonds. The highest BCUT2D eigenvalue weighted by molar-refractivity contribution is 7.99. The predicted octanol–water partition coefficient (Wildman–Crippen LogP) is 3.77. The zero-order chi connectivity index (χ0) is 21.5. The van der Waals surface area contributed by atoms with E-state index in [9.17, 15) is 9.59 Å². The van der Waals surface area contributed by atoms with E-state index < -0.39 is 0 Å². The third-order valence-corrected chi connectivity index (χ3v) is 6.09. The van der Waals surface area contributed by atoms with Crippen LogP contribution in [0.25, 0.3) is 0 Å². The normalized spacial score (nSPS) is 13.6. The van der Waals surface area contributed by atoms with Gasteiger partial charge in [-0.05, 0) is 48.7 Å². The molecule has 0 unspecified atom stereocenters. The Morgan fingerprint density at radius 3 is 2.53 bits per heavy atom. The van der Waals surface area contributed by atoms with E-state index in [1.54, 1.807) is 20.3 Å². The van der Waals surface area contributed by atoms with Gasteiger partial charge in [0.05, 0.1) is 14.2 Å². The summed E-state index contributed by atoms with van der Waals surface area (Å²) < 4.78 is 10.7. The average molecular weight is 429 g/mol. The van der Waals surface area contributed by atoms with Gasteiger partial charge in [-0.25, -0.2) is 0 Å². The molecular formula is C23H28N2O4S. The summed E-state index contributed by atoms with van der Waals surface area (Å²) in [6.07, 6.45) is 0.851. The summed E-state index contributed by atoms with van der Waals surface area (Å²) in [6, 6.07) is 11.1. The van der Waals surface area contributed by atoms with Gasteiger partial charge in [0.25, 0.3) is 5.91 Å². The Kier molecular flexibility index (Phi) is 7.63. The molecule has 1 saturated heterocycles. The Bertz CT molecular complexity index is 910. The monoisotopic (exact) mass is 428 g/mol. The predicted molar refractivity (Wildman–Crippen MR) is 121 cm³/mol. The minimum absolute atomic E-state index is 0.0568. The second-order valence-electron chi connectivity index (χ2n) is 7.14. The smallest absolute Gasteiger partial charge is 0.253 e. The lowest BCUT2D eigenvalue weighted by Gasteiger charge is -2.26. The molecule has 30 heavy (non-hydrogen) atoms. The molecule has 1 N–H and O–H groups in total. The van der Waals surface area contributed by atoms with Crippen molar-refractivity contribution in [1.82, 2.24) is 4.90 Å². The lowest BCUT2D eigenvalue weighted by atomic mass is 10.1. The summed E-state index contributed by atoms with van der Waals surface area (Å²) in [7, 11) is 3.19. The lowest BCUT2D eigenvalue weighted by molar-refractivity contribution is -0.116. The number of hydrogen-bond donors (Lipinski definition) is 1. The van der Waals surface area contributed by atoms with Crippen LogP contribution in [0.1, 0.15) is 27.9 Å². The summed E-state index contributed by atoms with van der Waals surface area (Å²) in [5.74, 6) is 3.24. The van der Waals surface area contributed by atoms with Crippen molar-refractivity contribution in [2.24, 2.45) is 0 Å². The minimum Gasteiger partial charge on any atom is -0.493 e. The van der Waals surface area contributed by atoms with Crippen LogP contribution in [0.4, 0.5) is 5.69 Å². The molecule has 0 aromatic heterocycles. The summed E-state index contributed by atoms with van der Waals surface area (Å²) in [5, 5.41) is 2.95. The van der Waals surface area contributed by atoms with Crippen molar-refractivity contribution in [3.63, 3.8) is 0 Å². The van der Waals surface area contributed by atoms with Crippen LogP contribution in [0.5, 0.6) is 11.5 Å². The van der Waals surface area contributed by atoms with Crippen LogP contribution in [-0.2, 0) is 11.2 Å². The number of ether oxygens (including phenoxy) is 2. The van der Waals surface area contributed by atoms with E-state index in [4.69, 9.17) is 9.47 Å². The van der Waals surface area contributed by atoms with Gasteiger partial charge in [0, 0.05) is 42.3 Å². The number of aryl methyl sites for hydroxylation is 2. The molecule has 3 rings (SSSR count). The van der Waals surface area contributed by atoms with Crippen LogP contribution >= 0.6 is 11.8 Å². The largest absolute Gasteiger partial charge is 0.493 e. The molecule has 0 aliphatic carbocycles. The van der Waals surface area contributed by atoms with Gasteiger partial charge >= 0.3 is 0 Å². The van der Waals surface area contributed by atoms with Crippen molar-refractivity contribution in [1.29, 1.82) is 0 Å². The quantitative estimate of drug-likeness (QED) is 0.727. The fraction of sp³-hybridized carbons (Fsp3) is 0.391. The minimum atomic E-state index is -0.0879. The van der Waals surface area contributed by atoms with Gasteiger partial charge in [0.1, 0.15) is 0 Å². The maximum Gasteiger partial charge on any atom is 0.253 e. The molecule has 0 saturated carbocycles. The molecule has 0 spiro atoms. The fourth-order valence-electron chi connectivity index (χ4n) is 3.50. The first kappa shape index (κ1) is 22.0. The van der Waals surface area contributed by atoms with Crippen LogP contribution in [0, 0.1) is 6.92 Å². The van der Waals surface area contributed by atoms with Crippen LogP contribution in [0.3, 0.4) is 0 Å². The lowest BCUT2D eigenvalue weighted by Crippen LogP contribution is -2.37. The molecule has 6 nitrogen and oxygen atoms in total. The van der Waals surface area contributed by atoms with Gasteiger partial charge in [-0.1, -0.05) is 12.1 Å². The number of anilines is 1. The van der Waals surface area contributed by atoms with Gasteiger partial charge in [0.2, 0.25) is 5.91 Å². The van der Waals surface area contributed by atoms with E-state index in [0.29, 0.717) is 29.9 Å². The van der Waals surface area contributed by atoms with Crippen molar-refractivity contribution in [3.8, 4) is 11.5 Å². The molecule has 2 aromatic rings. The molecule has 1 aliphatic heterocycles. The third-order valence-electron chi connectivity index (χ3n) is 5.15. The molecule has 1 fully saturated rings. The number of thioether (sulfide) groups is 1. The van der Waals surface area contributed by atoms with Gasteiger partial charge < -0.3 is 19.7 Å². The molecule has 7 heteroatoms. The number of nitrogens with one attached hydrogen (secondary N) is 1. The van der Waals surface area contributed by atoms with E-state index in [-0.39, 0.29) is 11.8 Å². The number of benzene rings is 2. The second kappa shape index (κ2) is 10.4. The fourth-order valence-corrected chi connectivity index (χ4v) is 4.40. The number of carbonyl (C=O) groups excluding carboxylic acids is 2. The summed E-state index contributed by atoms with van der Waals surface area (Å²) in [5.41, 5.74) is 3.19. The number of carbonyl (C=O) groups is 2. The van der Waals surface area contributed by atoms with Gasteiger partial charge in [0.15, 0.2) is 11.5 Å². The van der Waals surface area contributed by atoms with Crippen molar-refractivity contribution in [2.75, 3.05) is 44.1 Å². The number of amides is 2. The third kappa shape index (κ3) is 5.27. The molecule has 0 bridgehead atoms. The van der Waals surface area contributed by atoms with E-state index >= 15 is 0 Å². The Labute approximate surface area is 181 Å². The zero-order valence-electron chi connectivity index (χ0n) is 17.7. The first-order valence-corrected chi connectivity index (χ1v) is 11.2. The van der Waals surface area contributed by atoms with E-state index in [1.807, 2.05) is 53.9 Å². The number of rotatable bonds is 7. The maximum atomic E-state index is 12.7. The highest BCUT2D eigenvalue weighted by Gasteiger charge is 2.19. The number of hydrogen-bond acceptors (Lipinski definition) is 5. The summed E-state index contributed by atoms with van der Waals surface area (Å²) in [4.78, 5) is 27.1. The first-order valence-electron chi connectivity index (χ1n) is 10.0. The van der Waals surface area contributed by atoms with Crippen LogP contribution in [0.15, 0.2) is 36.4 Å². The molecule has 160 valence electrons. The highest BCUT2D eigenvalue weighted by atomic mass is 32.2. The molecule has 0 radical (unpaired) electrons. The molecular weight excluding hydrogens is 400 g/mol. The zero-order valence-corrected chi connectivity index (χ0v) is 18.5. The standard InChI is InChI=1S/C23H28N2O4S/c1-16-15-18(23(27)25-11-13-30-14-12-25)7-9-19(16)24-21(26)10-8-17-5-4-6-20(28-2)22(17)29-3/h4-7,9,15H,8,10-14H2,1-3H3,(H,24,26). The Hall–Kier alpha value is -2.67. The average Bonchev–Trinajstić information content (AvgIpc) is 2.78. The molecule has 0 atom stereocenters. The topological polar surface area (TPSA) is 67.9 Å². The number of para-hydroxylation sites is 1. The molecule has 1 aliphatic rings. The van der Waals surface area contributed by atoms with Crippen LogP contribution in [-0.4, -0.2) is 55.5 Å². The van der Waals surface area contributed by atoms with E-state index in [1.165, 1.54) is 0 Å². The van der Waals surface area contributed by atoms with Gasteiger partial charge in [-0.3, -0.25) is 9.59 Å². The second-order valence-corrected chi connectivity index (χ2v) is 8.36. The Balaban J connectivity index is 1.61. The highest BCUT2D eigenvalue weighted by Crippen LogP contribution is 2.31. The first-order chi connectivity index (χ1) is 14.5. The maximum absolute atomic E-state index is 12.7. The van der Waals surface area contributed by atoms with Crippen LogP contribution in [0.2, 0.25) is 0 Å². The molecule has 1 heterocycles. The van der Waals surface area contributed by atoms with Gasteiger partial charge in [-0.15, -0.1) is 0 Å². The summed E-state index contributed by atoms with van der Waals surface area (Å²) in [6.45, 7) is 3.48. The molecule has 2 aromatic carbocycles. The van der Waals surface area contributed by atoms with Crippen molar-refractivity contribution in [3.05, 3.63) is 53.1 Å². The number of nitrogens with zero attached hydrogens (tertiary/aromatic N) is 1.